The highest BCUT2D eigenvalue weighted by molar-refractivity contribution is 5.39. The fourth-order valence-corrected chi connectivity index (χ4v) is 2.23. The van der Waals surface area contributed by atoms with E-state index in [2.05, 4.69) is 36.4 Å². The summed E-state index contributed by atoms with van der Waals surface area (Å²) >= 11 is 0. The molecule has 0 aliphatic carbocycles. The lowest BCUT2D eigenvalue weighted by atomic mass is 10.0. The molecule has 1 N–H and O–H groups in total. The zero-order valence-electron chi connectivity index (χ0n) is 12.0. The van der Waals surface area contributed by atoms with Gasteiger partial charge in [0, 0.05) is 17.5 Å². The molecule has 1 atom stereocenters. The van der Waals surface area contributed by atoms with Crippen molar-refractivity contribution in [2.24, 2.45) is 0 Å². The molecule has 0 aliphatic heterocycles. The van der Waals surface area contributed by atoms with Crippen LogP contribution in [-0.2, 0) is 6.54 Å². The summed E-state index contributed by atoms with van der Waals surface area (Å²) < 4.78 is 7.47. The molecule has 1 aromatic heterocycles. The van der Waals surface area contributed by atoms with Crippen molar-refractivity contribution in [3.63, 3.8) is 0 Å². The van der Waals surface area contributed by atoms with Crippen LogP contribution in [0.15, 0.2) is 30.5 Å². The maximum absolute atomic E-state index is 5.46. The predicted molar refractivity (Wildman–Crippen MR) is 76.5 cm³/mol. The zero-order chi connectivity index (χ0) is 13.8. The Kier molecular flexibility index (Phi) is 4.22. The first kappa shape index (κ1) is 13.6. The third-order valence-electron chi connectivity index (χ3n) is 3.39. The van der Waals surface area contributed by atoms with Crippen molar-refractivity contribution in [2.75, 3.05) is 14.2 Å². The number of hydrogen-bond acceptors (Lipinski definition) is 3. The largest absolute Gasteiger partial charge is 0.496 e. The standard InChI is InChI=1S/C15H21N3O/c1-11-5-6-15(19-4)13(9-11)14(16-3)10-18-12(2)7-8-17-18/h5-9,14,16H,10H2,1-4H3. The van der Waals surface area contributed by atoms with Gasteiger partial charge in [-0.25, -0.2) is 0 Å². The van der Waals surface area contributed by atoms with Gasteiger partial charge in [0.25, 0.3) is 0 Å². The molecule has 4 nitrogen and oxygen atoms in total. The minimum absolute atomic E-state index is 0.174. The predicted octanol–water partition coefficient (Wildman–Crippen LogP) is 2.47. The number of nitrogens with zero attached hydrogens (tertiary/aromatic N) is 2. The number of methoxy groups -OCH3 is 1. The van der Waals surface area contributed by atoms with Gasteiger partial charge in [-0.2, -0.15) is 5.10 Å². The summed E-state index contributed by atoms with van der Waals surface area (Å²) in [7, 11) is 3.67. The number of aryl methyl sites for hydroxylation is 2. The highest BCUT2D eigenvalue weighted by atomic mass is 16.5. The van der Waals surface area contributed by atoms with Crippen LogP contribution in [0.1, 0.15) is 22.9 Å². The van der Waals surface area contributed by atoms with Gasteiger partial charge in [-0.1, -0.05) is 17.7 Å². The molecule has 1 aromatic carbocycles. The Bertz CT molecular complexity index is 548. The SMILES string of the molecule is CNC(Cn1nccc1C)c1cc(C)ccc1OC. The Hall–Kier alpha value is -1.81. The Morgan fingerprint density at radius 3 is 2.68 bits per heavy atom. The van der Waals surface area contributed by atoms with Crippen LogP contribution in [0.5, 0.6) is 5.75 Å². The molecular formula is C15H21N3O. The molecule has 0 amide bonds. The molecule has 4 heteroatoms. The first-order chi connectivity index (χ1) is 9.15. The van der Waals surface area contributed by atoms with E-state index in [0.717, 1.165) is 18.0 Å². The number of hydrogen-bond donors (Lipinski definition) is 1. The molecule has 2 aromatic rings. The van der Waals surface area contributed by atoms with E-state index in [9.17, 15) is 0 Å². The number of aromatic nitrogens is 2. The molecule has 0 bridgehead atoms. The van der Waals surface area contributed by atoms with Crippen LogP contribution in [0.2, 0.25) is 0 Å². The third kappa shape index (κ3) is 2.96. The summed E-state index contributed by atoms with van der Waals surface area (Å²) in [5, 5.41) is 7.69. The second-order valence-electron chi connectivity index (χ2n) is 4.74. The van der Waals surface area contributed by atoms with Crippen LogP contribution in [-0.4, -0.2) is 23.9 Å². The summed E-state index contributed by atoms with van der Waals surface area (Å²) in [6.45, 7) is 4.94. The third-order valence-corrected chi connectivity index (χ3v) is 3.39. The van der Waals surface area contributed by atoms with Crippen molar-refractivity contribution < 1.29 is 4.74 Å². The molecule has 0 radical (unpaired) electrons. The summed E-state index contributed by atoms with van der Waals surface area (Å²) in [4.78, 5) is 0. The van der Waals surface area contributed by atoms with E-state index in [1.54, 1.807) is 7.11 Å². The molecule has 19 heavy (non-hydrogen) atoms. The molecule has 0 fully saturated rings. The lowest BCUT2D eigenvalue weighted by Crippen LogP contribution is -2.23. The minimum Gasteiger partial charge on any atom is -0.496 e. The van der Waals surface area contributed by atoms with Crippen LogP contribution in [0, 0.1) is 13.8 Å². The van der Waals surface area contributed by atoms with Crippen molar-refractivity contribution >= 4 is 0 Å². The second kappa shape index (κ2) is 5.89. The Balaban J connectivity index is 2.31. The zero-order valence-corrected chi connectivity index (χ0v) is 12.0. The highest BCUT2D eigenvalue weighted by Gasteiger charge is 2.16. The number of ether oxygens (including phenoxy) is 1. The van der Waals surface area contributed by atoms with Gasteiger partial charge in [0.2, 0.25) is 0 Å². The first-order valence-electron chi connectivity index (χ1n) is 6.46. The molecule has 102 valence electrons. The van der Waals surface area contributed by atoms with Crippen LogP contribution in [0.3, 0.4) is 0 Å². The highest BCUT2D eigenvalue weighted by Crippen LogP contribution is 2.27. The first-order valence-corrected chi connectivity index (χ1v) is 6.46. The Labute approximate surface area is 114 Å². The minimum atomic E-state index is 0.174. The van der Waals surface area contributed by atoms with Crippen molar-refractivity contribution in [1.29, 1.82) is 0 Å². The van der Waals surface area contributed by atoms with Gasteiger partial charge in [0.15, 0.2) is 0 Å². The van der Waals surface area contributed by atoms with Gasteiger partial charge in [0.05, 0.1) is 19.7 Å². The normalized spacial score (nSPS) is 12.4. The molecule has 1 heterocycles. The van der Waals surface area contributed by atoms with Crippen molar-refractivity contribution in [3.05, 3.63) is 47.3 Å². The van der Waals surface area contributed by atoms with Crippen LogP contribution >= 0.6 is 0 Å². The maximum Gasteiger partial charge on any atom is 0.123 e. The molecule has 0 aliphatic rings. The number of benzene rings is 1. The summed E-state index contributed by atoms with van der Waals surface area (Å²) in [5.41, 5.74) is 3.56. The van der Waals surface area contributed by atoms with Crippen molar-refractivity contribution in [2.45, 2.75) is 26.4 Å². The molecule has 2 rings (SSSR count). The van der Waals surface area contributed by atoms with E-state index >= 15 is 0 Å². The van der Waals surface area contributed by atoms with Gasteiger partial charge in [0.1, 0.15) is 5.75 Å². The van der Waals surface area contributed by atoms with E-state index in [4.69, 9.17) is 4.74 Å². The van der Waals surface area contributed by atoms with E-state index in [1.165, 1.54) is 11.1 Å². The smallest absolute Gasteiger partial charge is 0.123 e. The van der Waals surface area contributed by atoms with Gasteiger partial charge >= 0.3 is 0 Å². The fourth-order valence-electron chi connectivity index (χ4n) is 2.23. The molecule has 0 saturated heterocycles. The average Bonchev–Trinajstić information content (AvgIpc) is 2.81. The van der Waals surface area contributed by atoms with E-state index < -0.39 is 0 Å². The molecule has 0 saturated carbocycles. The number of likely N-dealkylation sites (N-methyl/N-ethyl adjacent to an activating group) is 1. The van der Waals surface area contributed by atoms with Crippen LogP contribution < -0.4 is 10.1 Å². The quantitative estimate of drug-likeness (QED) is 0.896. The monoisotopic (exact) mass is 259 g/mol. The number of rotatable bonds is 5. The van der Waals surface area contributed by atoms with Gasteiger partial charge < -0.3 is 10.1 Å². The lowest BCUT2D eigenvalue weighted by Gasteiger charge is -2.20. The summed E-state index contributed by atoms with van der Waals surface area (Å²) in [6, 6.07) is 8.44. The van der Waals surface area contributed by atoms with Crippen molar-refractivity contribution in [1.82, 2.24) is 15.1 Å². The van der Waals surface area contributed by atoms with Crippen molar-refractivity contribution in [3.8, 4) is 5.75 Å². The van der Waals surface area contributed by atoms with E-state index in [-0.39, 0.29) is 6.04 Å². The van der Waals surface area contributed by atoms with Crippen LogP contribution in [0.4, 0.5) is 0 Å². The summed E-state index contributed by atoms with van der Waals surface area (Å²) in [5.74, 6) is 0.912. The second-order valence-corrected chi connectivity index (χ2v) is 4.74. The van der Waals surface area contributed by atoms with Crippen LogP contribution in [0.25, 0.3) is 0 Å². The molecular weight excluding hydrogens is 238 g/mol. The van der Waals surface area contributed by atoms with Gasteiger partial charge in [-0.15, -0.1) is 0 Å². The van der Waals surface area contributed by atoms with Gasteiger partial charge in [-0.3, -0.25) is 4.68 Å². The molecule has 1 unspecified atom stereocenters. The lowest BCUT2D eigenvalue weighted by molar-refractivity contribution is 0.389. The topological polar surface area (TPSA) is 39.1 Å². The average molecular weight is 259 g/mol. The van der Waals surface area contributed by atoms with E-state index in [0.29, 0.717) is 0 Å². The Morgan fingerprint density at radius 1 is 1.32 bits per heavy atom. The van der Waals surface area contributed by atoms with E-state index in [1.807, 2.05) is 30.1 Å². The Morgan fingerprint density at radius 2 is 2.11 bits per heavy atom. The fraction of sp³-hybridized carbons (Fsp3) is 0.400. The maximum atomic E-state index is 5.46. The van der Waals surface area contributed by atoms with Gasteiger partial charge in [-0.05, 0) is 33.0 Å². The molecule has 0 spiro atoms. The number of nitrogens with one attached hydrogen (secondary N) is 1. The summed E-state index contributed by atoms with van der Waals surface area (Å²) in [6.07, 6.45) is 1.83.